The normalized spacial score (nSPS) is 16.4. The SMILES string of the molecule is CCN(C(=S)NCCCOC)C1CCCC1. The van der Waals surface area contributed by atoms with Crippen molar-refractivity contribution in [1.82, 2.24) is 10.2 Å². The second-order valence-electron chi connectivity index (χ2n) is 4.30. The molecule has 1 fully saturated rings. The van der Waals surface area contributed by atoms with Crippen molar-refractivity contribution in [2.24, 2.45) is 0 Å². The summed E-state index contributed by atoms with van der Waals surface area (Å²) < 4.78 is 5.01. The third-order valence-corrected chi connectivity index (χ3v) is 3.55. The Hall–Kier alpha value is -0.350. The molecule has 0 aromatic heterocycles. The maximum absolute atomic E-state index is 5.43. The van der Waals surface area contributed by atoms with Gasteiger partial charge in [-0.1, -0.05) is 12.8 Å². The Morgan fingerprint density at radius 2 is 2.12 bits per heavy atom. The maximum Gasteiger partial charge on any atom is 0.169 e. The Kier molecular flexibility index (Phi) is 6.73. The smallest absolute Gasteiger partial charge is 0.169 e. The van der Waals surface area contributed by atoms with E-state index >= 15 is 0 Å². The zero-order chi connectivity index (χ0) is 11.8. The van der Waals surface area contributed by atoms with Crippen LogP contribution in [-0.4, -0.2) is 42.9 Å². The van der Waals surface area contributed by atoms with E-state index < -0.39 is 0 Å². The Bertz CT molecular complexity index is 205. The van der Waals surface area contributed by atoms with Crippen LogP contribution in [0, 0.1) is 0 Å². The molecular weight excluding hydrogens is 220 g/mol. The van der Waals surface area contributed by atoms with Crippen molar-refractivity contribution in [3.05, 3.63) is 0 Å². The van der Waals surface area contributed by atoms with Crippen molar-refractivity contribution in [2.75, 3.05) is 26.8 Å². The van der Waals surface area contributed by atoms with Gasteiger partial charge in [-0.3, -0.25) is 0 Å². The largest absolute Gasteiger partial charge is 0.385 e. The highest BCUT2D eigenvalue weighted by Crippen LogP contribution is 2.23. The van der Waals surface area contributed by atoms with Crippen LogP contribution in [0.2, 0.25) is 0 Å². The third-order valence-electron chi connectivity index (χ3n) is 3.17. The first-order valence-corrected chi connectivity index (χ1v) is 6.73. The molecule has 0 bridgehead atoms. The molecule has 1 aliphatic carbocycles. The monoisotopic (exact) mass is 244 g/mol. The molecule has 0 aliphatic heterocycles. The van der Waals surface area contributed by atoms with Crippen LogP contribution in [0.15, 0.2) is 0 Å². The summed E-state index contributed by atoms with van der Waals surface area (Å²) in [5.41, 5.74) is 0. The minimum absolute atomic E-state index is 0.674. The predicted molar refractivity (Wildman–Crippen MR) is 71.7 cm³/mol. The van der Waals surface area contributed by atoms with Crippen molar-refractivity contribution in [3.63, 3.8) is 0 Å². The number of thiocarbonyl (C=S) groups is 1. The number of hydrogen-bond donors (Lipinski definition) is 1. The average Bonchev–Trinajstić information content (AvgIpc) is 2.79. The number of nitrogens with zero attached hydrogens (tertiary/aromatic N) is 1. The summed E-state index contributed by atoms with van der Waals surface area (Å²) in [6.45, 7) is 4.91. The Balaban J connectivity index is 2.25. The molecule has 0 radical (unpaired) electrons. The minimum atomic E-state index is 0.674. The molecule has 0 heterocycles. The van der Waals surface area contributed by atoms with E-state index in [0.29, 0.717) is 6.04 Å². The second kappa shape index (κ2) is 7.85. The molecule has 0 atom stereocenters. The minimum Gasteiger partial charge on any atom is -0.385 e. The molecular formula is C12H24N2OS. The molecule has 0 amide bonds. The van der Waals surface area contributed by atoms with Gasteiger partial charge in [0.15, 0.2) is 5.11 Å². The third kappa shape index (κ3) is 4.26. The molecule has 0 saturated heterocycles. The first-order valence-electron chi connectivity index (χ1n) is 6.33. The highest BCUT2D eigenvalue weighted by atomic mass is 32.1. The number of methoxy groups -OCH3 is 1. The van der Waals surface area contributed by atoms with Crippen LogP contribution in [0.25, 0.3) is 0 Å². The second-order valence-corrected chi connectivity index (χ2v) is 4.69. The van der Waals surface area contributed by atoms with Crippen molar-refractivity contribution in [1.29, 1.82) is 0 Å². The highest BCUT2D eigenvalue weighted by Gasteiger charge is 2.22. The van der Waals surface area contributed by atoms with Crippen LogP contribution < -0.4 is 5.32 Å². The Labute approximate surface area is 105 Å². The Morgan fingerprint density at radius 3 is 2.69 bits per heavy atom. The fourth-order valence-electron chi connectivity index (χ4n) is 2.30. The van der Waals surface area contributed by atoms with Gasteiger partial charge in [0.2, 0.25) is 0 Å². The van der Waals surface area contributed by atoms with E-state index in [9.17, 15) is 0 Å². The van der Waals surface area contributed by atoms with Crippen molar-refractivity contribution in [3.8, 4) is 0 Å². The van der Waals surface area contributed by atoms with Crippen molar-refractivity contribution < 1.29 is 4.74 Å². The van der Waals surface area contributed by atoms with E-state index in [-0.39, 0.29) is 0 Å². The highest BCUT2D eigenvalue weighted by molar-refractivity contribution is 7.80. The van der Waals surface area contributed by atoms with Crippen LogP contribution >= 0.6 is 12.2 Å². The molecule has 1 rings (SSSR count). The van der Waals surface area contributed by atoms with Gasteiger partial charge in [-0.2, -0.15) is 0 Å². The lowest BCUT2D eigenvalue weighted by Crippen LogP contribution is -2.45. The van der Waals surface area contributed by atoms with Gasteiger partial charge in [-0.05, 0) is 38.4 Å². The summed E-state index contributed by atoms with van der Waals surface area (Å²) in [6, 6.07) is 0.674. The van der Waals surface area contributed by atoms with Gasteiger partial charge in [0.1, 0.15) is 0 Å². The van der Waals surface area contributed by atoms with E-state index in [0.717, 1.165) is 31.2 Å². The number of rotatable bonds is 6. The number of ether oxygens (including phenoxy) is 1. The van der Waals surface area contributed by atoms with Crippen LogP contribution in [0.4, 0.5) is 0 Å². The zero-order valence-corrected chi connectivity index (χ0v) is 11.3. The van der Waals surface area contributed by atoms with Crippen molar-refractivity contribution in [2.45, 2.75) is 45.1 Å². The lowest BCUT2D eigenvalue weighted by molar-refractivity contribution is 0.195. The van der Waals surface area contributed by atoms with Crippen molar-refractivity contribution >= 4 is 17.3 Å². The van der Waals surface area contributed by atoms with E-state index in [1.807, 2.05) is 0 Å². The van der Waals surface area contributed by atoms with Crippen LogP contribution in [-0.2, 0) is 4.74 Å². The van der Waals surface area contributed by atoms with E-state index in [4.69, 9.17) is 17.0 Å². The van der Waals surface area contributed by atoms with Gasteiger partial charge in [-0.15, -0.1) is 0 Å². The molecule has 0 aromatic carbocycles. The summed E-state index contributed by atoms with van der Waals surface area (Å²) in [5, 5.41) is 4.24. The lowest BCUT2D eigenvalue weighted by atomic mass is 10.2. The number of nitrogens with one attached hydrogen (secondary N) is 1. The fraction of sp³-hybridized carbons (Fsp3) is 0.917. The summed E-state index contributed by atoms with van der Waals surface area (Å²) >= 11 is 5.43. The maximum atomic E-state index is 5.43. The molecule has 4 heteroatoms. The van der Waals surface area contributed by atoms with Gasteiger partial charge >= 0.3 is 0 Å². The van der Waals surface area contributed by atoms with E-state index in [1.54, 1.807) is 7.11 Å². The predicted octanol–water partition coefficient (Wildman–Crippen LogP) is 2.16. The van der Waals surface area contributed by atoms with Gasteiger partial charge in [0.05, 0.1) is 0 Å². The molecule has 94 valence electrons. The Morgan fingerprint density at radius 1 is 1.44 bits per heavy atom. The molecule has 1 N–H and O–H groups in total. The molecule has 3 nitrogen and oxygen atoms in total. The van der Waals surface area contributed by atoms with Gasteiger partial charge in [0.25, 0.3) is 0 Å². The molecule has 1 saturated carbocycles. The summed E-state index contributed by atoms with van der Waals surface area (Å²) in [6.07, 6.45) is 6.32. The summed E-state index contributed by atoms with van der Waals surface area (Å²) in [5.74, 6) is 0. The van der Waals surface area contributed by atoms with Crippen LogP contribution in [0.3, 0.4) is 0 Å². The van der Waals surface area contributed by atoms with Crippen LogP contribution in [0.5, 0.6) is 0 Å². The van der Waals surface area contributed by atoms with Gasteiger partial charge in [0, 0.05) is 32.8 Å². The number of hydrogen-bond acceptors (Lipinski definition) is 2. The fourth-order valence-corrected chi connectivity index (χ4v) is 2.68. The topological polar surface area (TPSA) is 24.5 Å². The van der Waals surface area contributed by atoms with Crippen LogP contribution in [0.1, 0.15) is 39.0 Å². The van der Waals surface area contributed by atoms with E-state index in [2.05, 4.69) is 17.1 Å². The standard InChI is InChI=1S/C12H24N2OS/c1-3-14(11-7-4-5-8-11)12(16)13-9-6-10-15-2/h11H,3-10H2,1-2H3,(H,13,16). The zero-order valence-electron chi connectivity index (χ0n) is 10.5. The molecule has 0 spiro atoms. The first-order chi connectivity index (χ1) is 7.79. The average molecular weight is 244 g/mol. The summed E-state index contributed by atoms with van der Waals surface area (Å²) in [7, 11) is 1.73. The van der Waals surface area contributed by atoms with E-state index in [1.165, 1.54) is 25.7 Å². The van der Waals surface area contributed by atoms with Gasteiger partial charge < -0.3 is 15.0 Å². The first kappa shape index (κ1) is 13.7. The molecule has 0 aromatic rings. The molecule has 16 heavy (non-hydrogen) atoms. The summed E-state index contributed by atoms with van der Waals surface area (Å²) in [4.78, 5) is 2.34. The quantitative estimate of drug-likeness (QED) is 0.572. The molecule has 1 aliphatic rings. The lowest BCUT2D eigenvalue weighted by Gasteiger charge is -2.30. The molecule has 0 unspecified atom stereocenters. The van der Waals surface area contributed by atoms with Gasteiger partial charge in [-0.25, -0.2) is 0 Å².